The van der Waals surface area contributed by atoms with Gasteiger partial charge in [0.25, 0.3) is 0 Å². The predicted molar refractivity (Wildman–Crippen MR) is 90.6 cm³/mol. The first-order valence-corrected chi connectivity index (χ1v) is 7.96. The molecule has 0 aliphatic heterocycles. The molecule has 0 saturated heterocycles. The van der Waals surface area contributed by atoms with Crippen molar-refractivity contribution in [2.75, 3.05) is 0 Å². The van der Waals surface area contributed by atoms with E-state index in [9.17, 15) is 4.79 Å². The molecule has 0 saturated carbocycles. The average Bonchev–Trinajstić information content (AvgIpc) is 2.86. The predicted octanol–water partition coefficient (Wildman–Crippen LogP) is 3.98. The van der Waals surface area contributed by atoms with Crippen LogP contribution in [0.25, 0.3) is 11.0 Å². The lowest BCUT2D eigenvalue weighted by molar-refractivity contribution is -0.118. The van der Waals surface area contributed by atoms with Gasteiger partial charge in [-0.15, -0.1) is 0 Å². The molecule has 1 heterocycles. The molecule has 4 heteroatoms. The second-order valence-corrected chi connectivity index (χ2v) is 5.79. The Balaban J connectivity index is 2.32. The van der Waals surface area contributed by atoms with Gasteiger partial charge in [0, 0.05) is 12.1 Å². The van der Waals surface area contributed by atoms with Crippen LogP contribution in [0.4, 0.5) is 0 Å². The highest BCUT2D eigenvalue weighted by Gasteiger charge is 2.18. The quantitative estimate of drug-likeness (QED) is 0.621. The molecule has 0 aliphatic carbocycles. The lowest BCUT2D eigenvalue weighted by atomic mass is 10.2. The second-order valence-electron chi connectivity index (χ2n) is 5.79. The van der Waals surface area contributed by atoms with Crippen LogP contribution in [-0.2, 0) is 11.3 Å². The Bertz CT molecular complexity index is 672. The van der Waals surface area contributed by atoms with Gasteiger partial charge in [-0.2, -0.15) is 0 Å². The van der Waals surface area contributed by atoms with Crippen molar-refractivity contribution in [3.8, 4) is 0 Å². The SMILES string of the molecule is C=C(C)C(=O)NC(C)c1nc2ccccc2n1CCCCC. The summed E-state index contributed by atoms with van der Waals surface area (Å²) >= 11 is 0. The fraction of sp³-hybridized carbons (Fsp3) is 0.444. The van der Waals surface area contributed by atoms with Crippen LogP contribution in [0.15, 0.2) is 36.4 Å². The lowest BCUT2D eigenvalue weighted by Gasteiger charge is -2.16. The van der Waals surface area contributed by atoms with Gasteiger partial charge < -0.3 is 9.88 Å². The number of carbonyl (C=O) groups is 1. The molecule has 0 radical (unpaired) electrons. The average molecular weight is 299 g/mol. The monoisotopic (exact) mass is 299 g/mol. The molecule has 22 heavy (non-hydrogen) atoms. The van der Waals surface area contributed by atoms with E-state index in [1.807, 2.05) is 25.1 Å². The number of aromatic nitrogens is 2. The molecular formula is C18H25N3O. The number of rotatable bonds is 7. The van der Waals surface area contributed by atoms with Crippen LogP contribution < -0.4 is 5.32 Å². The molecule has 1 aromatic heterocycles. The van der Waals surface area contributed by atoms with Crippen molar-refractivity contribution in [3.05, 3.63) is 42.2 Å². The molecule has 4 nitrogen and oxygen atoms in total. The first-order chi connectivity index (χ1) is 10.5. The zero-order valence-electron chi connectivity index (χ0n) is 13.7. The van der Waals surface area contributed by atoms with Crippen LogP contribution in [0, 0.1) is 0 Å². The Morgan fingerprint density at radius 1 is 1.36 bits per heavy atom. The van der Waals surface area contributed by atoms with E-state index in [0.29, 0.717) is 5.57 Å². The first-order valence-electron chi connectivity index (χ1n) is 7.96. The van der Waals surface area contributed by atoms with Crippen LogP contribution in [0.1, 0.15) is 51.9 Å². The summed E-state index contributed by atoms with van der Waals surface area (Å²) in [6.07, 6.45) is 3.49. The second kappa shape index (κ2) is 7.25. The van der Waals surface area contributed by atoms with Crippen molar-refractivity contribution in [2.24, 2.45) is 0 Å². The Hall–Kier alpha value is -2.10. The Labute approximate surface area is 132 Å². The minimum Gasteiger partial charge on any atom is -0.343 e. The number of carbonyl (C=O) groups excluding carboxylic acids is 1. The number of amides is 1. The van der Waals surface area contributed by atoms with Crippen LogP contribution in [0.5, 0.6) is 0 Å². The van der Waals surface area contributed by atoms with E-state index in [1.54, 1.807) is 6.92 Å². The normalized spacial score (nSPS) is 12.3. The third-order valence-corrected chi connectivity index (χ3v) is 3.79. The molecule has 2 aromatic rings. The van der Waals surface area contributed by atoms with Crippen molar-refractivity contribution < 1.29 is 4.79 Å². The number of hydrogen-bond donors (Lipinski definition) is 1. The highest BCUT2D eigenvalue weighted by Crippen LogP contribution is 2.22. The number of benzene rings is 1. The number of unbranched alkanes of at least 4 members (excludes halogenated alkanes) is 2. The molecule has 1 N–H and O–H groups in total. The summed E-state index contributed by atoms with van der Waals surface area (Å²) in [6, 6.07) is 7.99. The van der Waals surface area contributed by atoms with Gasteiger partial charge in [0.1, 0.15) is 5.82 Å². The third kappa shape index (κ3) is 3.56. The maximum atomic E-state index is 11.9. The summed E-state index contributed by atoms with van der Waals surface area (Å²) in [5.74, 6) is 0.784. The van der Waals surface area contributed by atoms with Gasteiger partial charge in [-0.25, -0.2) is 4.98 Å². The van der Waals surface area contributed by atoms with E-state index in [-0.39, 0.29) is 11.9 Å². The smallest absolute Gasteiger partial charge is 0.246 e. The largest absolute Gasteiger partial charge is 0.343 e. The number of nitrogens with one attached hydrogen (secondary N) is 1. The van der Waals surface area contributed by atoms with Crippen LogP contribution in [0.3, 0.4) is 0 Å². The summed E-state index contributed by atoms with van der Waals surface area (Å²) in [4.78, 5) is 16.6. The Morgan fingerprint density at radius 2 is 2.09 bits per heavy atom. The molecular weight excluding hydrogens is 274 g/mol. The molecule has 1 amide bonds. The number of nitrogens with zero attached hydrogens (tertiary/aromatic N) is 2. The van der Waals surface area contributed by atoms with Gasteiger partial charge in [0.05, 0.1) is 17.1 Å². The maximum absolute atomic E-state index is 11.9. The van der Waals surface area contributed by atoms with E-state index >= 15 is 0 Å². The van der Waals surface area contributed by atoms with E-state index in [4.69, 9.17) is 4.98 Å². The molecule has 2 rings (SSSR count). The number of hydrogen-bond acceptors (Lipinski definition) is 2. The highest BCUT2D eigenvalue weighted by molar-refractivity contribution is 5.92. The molecule has 1 atom stereocenters. The van der Waals surface area contributed by atoms with Crippen LogP contribution >= 0.6 is 0 Å². The Kier molecular flexibility index (Phi) is 5.36. The summed E-state index contributed by atoms with van der Waals surface area (Å²) in [7, 11) is 0. The van der Waals surface area contributed by atoms with Crippen molar-refractivity contribution in [1.29, 1.82) is 0 Å². The van der Waals surface area contributed by atoms with Crippen LogP contribution in [0.2, 0.25) is 0 Å². The third-order valence-electron chi connectivity index (χ3n) is 3.79. The zero-order valence-corrected chi connectivity index (χ0v) is 13.7. The van der Waals surface area contributed by atoms with Gasteiger partial charge in [-0.3, -0.25) is 4.79 Å². The minimum atomic E-state index is -0.141. The number of para-hydroxylation sites is 2. The van der Waals surface area contributed by atoms with Crippen molar-refractivity contribution >= 4 is 16.9 Å². The standard InChI is InChI=1S/C18H25N3O/c1-5-6-9-12-21-16-11-8-7-10-15(16)20-17(21)14(4)19-18(22)13(2)3/h7-8,10-11,14H,2,5-6,9,12H2,1,3-4H3,(H,19,22). The van der Waals surface area contributed by atoms with Crippen molar-refractivity contribution in [2.45, 2.75) is 52.6 Å². The summed E-state index contributed by atoms with van der Waals surface area (Å²) in [5.41, 5.74) is 2.62. The summed E-state index contributed by atoms with van der Waals surface area (Å²) < 4.78 is 2.23. The van der Waals surface area contributed by atoms with Crippen molar-refractivity contribution in [1.82, 2.24) is 14.9 Å². The van der Waals surface area contributed by atoms with Gasteiger partial charge in [0.15, 0.2) is 0 Å². The lowest BCUT2D eigenvalue weighted by Crippen LogP contribution is -2.29. The van der Waals surface area contributed by atoms with Crippen LogP contribution in [-0.4, -0.2) is 15.5 Å². The summed E-state index contributed by atoms with van der Waals surface area (Å²) in [6.45, 7) is 10.5. The van der Waals surface area contributed by atoms with E-state index in [0.717, 1.165) is 29.8 Å². The zero-order chi connectivity index (χ0) is 16.1. The first kappa shape index (κ1) is 16.3. The number of aryl methyl sites for hydroxylation is 1. The molecule has 0 fully saturated rings. The fourth-order valence-electron chi connectivity index (χ4n) is 2.56. The molecule has 0 bridgehead atoms. The molecule has 118 valence electrons. The highest BCUT2D eigenvalue weighted by atomic mass is 16.1. The summed E-state index contributed by atoms with van der Waals surface area (Å²) in [5, 5.41) is 2.97. The fourth-order valence-corrected chi connectivity index (χ4v) is 2.56. The van der Waals surface area contributed by atoms with Gasteiger partial charge in [-0.1, -0.05) is 38.5 Å². The molecule has 1 aromatic carbocycles. The van der Waals surface area contributed by atoms with Gasteiger partial charge in [-0.05, 0) is 32.4 Å². The molecule has 1 unspecified atom stereocenters. The van der Waals surface area contributed by atoms with E-state index < -0.39 is 0 Å². The molecule has 0 spiro atoms. The van der Waals surface area contributed by atoms with E-state index in [1.165, 1.54) is 12.8 Å². The number of imidazole rings is 1. The van der Waals surface area contributed by atoms with Gasteiger partial charge >= 0.3 is 0 Å². The van der Waals surface area contributed by atoms with Gasteiger partial charge in [0.2, 0.25) is 5.91 Å². The topological polar surface area (TPSA) is 46.9 Å². The minimum absolute atomic E-state index is 0.125. The van der Waals surface area contributed by atoms with E-state index in [2.05, 4.69) is 29.5 Å². The molecule has 0 aliphatic rings. The van der Waals surface area contributed by atoms with Crippen molar-refractivity contribution in [3.63, 3.8) is 0 Å². The number of fused-ring (bicyclic) bond motifs is 1. The maximum Gasteiger partial charge on any atom is 0.246 e. The Morgan fingerprint density at radius 3 is 2.77 bits per heavy atom.